The number of anilines is 1. The standard InChI is InChI=1S/C17H16N4O3.C2H6/c1-10(22)8-18-12-3-2-4-14-11(12)7-15(24-14)13-9-19-16-5-6-17(23)20-21(13)16;1-2/h2-7,9-10,18,22H,8H2,1H3,(H,20,23);1-2H3/t10-;/m1./s1. The zero-order chi connectivity index (χ0) is 18.7. The smallest absolute Gasteiger partial charge is 0.263 e. The summed E-state index contributed by atoms with van der Waals surface area (Å²) in [6.45, 7) is 6.17. The lowest BCUT2D eigenvalue weighted by Gasteiger charge is -2.08. The van der Waals surface area contributed by atoms with Crippen molar-refractivity contribution < 1.29 is 9.52 Å². The predicted octanol–water partition coefficient (Wildman–Crippen LogP) is 3.25. The molecular weight excluding hydrogens is 332 g/mol. The van der Waals surface area contributed by atoms with Crippen LogP contribution in [0.25, 0.3) is 28.1 Å². The summed E-state index contributed by atoms with van der Waals surface area (Å²) >= 11 is 0. The van der Waals surface area contributed by atoms with Gasteiger partial charge in [0.1, 0.15) is 11.3 Å². The Morgan fingerprint density at radius 3 is 2.88 bits per heavy atom. The molecular formula is C19H22N4O3. The Kier molecular flexibility index (Phi) is 5.09. The molecule has 7 heteroatoms. The maximum atomic E-state index is 11.6. The first-order valence-corrected chi connectivity index (χ1v) is 8.63. The fourth-order valence-corrected chi connectivity index (χ4v) is 2.67. The molecule has 4 aromatic rings. The number of hydrogen-bond donors (Lipinski definition) is 3. The van der Waals surface area contributed by atoms with Crippen LogP contribution in [0.5, 0.6) is 0 Å². The molecule has 0 bridgehead atoms. The summed E-state index contributed by atoms with van der Waals surface area (Å²) in [6.07, 6.45) is 1.21. The van der Waals surface area contributed by atoms with Crippen LogP contribution in [0.15, 0.2) is 51.8 Å². The molecule has 0 saturated heterocycles. The molecule has 1 atom stereocenters. The van der Waals surface area contributed by atoms with Crippen LogP contribution in [0.1, 0.15) is 20.8 Å². The third kappa shape index (κ3) is 3.34. The highest BCUT2D eigenvalue weighted by atomic mass is 16.3. The van der Waals surface area contributed by atoms with Crippen molar-refractivity contribution in [2.45, 2.75) is 26.9 Å². The van der Waals surface area contributed by atoms with E-state index in [1.807, 2.05) is 38.1 Å². The number of aliphatic hydroxyl groups is 1. The Bertz CT molecular complexity index is 1080. The first-order chi connectivity index (χ1) is 12.6. The van der Waals surface area contributed by atoms with Crippen molar-refractivity contribution in [3.63, 3.8) is 0 Å². The zero-order valence-corrected chi connectivity index (χ0v) is 15.0. The van der Waals surface area contributed by atoms with Gasteiger partial charge in [-0.15, -0.1) is 0 Å². The first kappa shape index (κ1) is 17.8. The molecule has 0 spiro atoms. The molecule has 3 heterocycles. The van der Waals surface area contributed by atoms with E-state index in [1.165, 1.54) is 6.07 Å². The monoisotopic (exact) mass is 354 g/mol. The predicted molar refractivity (Wildman–Crippen MR) is 103 cm³/mol. The highest BCUT2D eigenvalue weighted by Gasteiger charge is 2.14. The Hall–Kier alpha value is -3.06. The largest absolute Gasteiger partial charge is 0.454 e. The molecule has 0 amide bonds. The third-order valence-electron chi connectivity index (χ3n) is 3.80. The molecule has 0 aliphatic heterocycles. The number of nitrogens with zero attached hydrogens (tertiary/aromatic N) is 2. The lowest BCUT2D eigenvalue weighted by Crippen LogP contribution is -2.15. The average Bonchev–Trinajstić information content (AvgIpc) is 3.24. The normalized spacial score (nSPS) is 12.0. The van der Waals surface area contributed by atoms with Gasteiger partial charge in [0.05, 0.1) is 12.3 Å². The fourth-order valence-electron chi connectivity index (χ4n) is 2.67. The molecule has 0 fully saturated rings. The van der Waals surface area contributed by atoms with Crippen LogP contribution in [-0.2, 0) is 0 Å². The fraction of sp³-hybridized carbons (Fsp3) is 0.263. The SMILES string of the molecule is CC.C[C@@H](O)CNc1cccc2oc(-c3cnc4ccc(=O)[nH]n34)cc12. The van der Waals surface area contributed by atoms with Crippen molar-refractivity contribution in [1.29, 1.82) is 0 Å². The quantitative estimate of drug-likeness (QED) is 0.523. The lowest BCUT2D eigenvalue weighted by atomic mass is 10.2. The van der Waals surface area contributed by atoms with E-state index < -0.39 is 6.10 Å². The number of furan rings is 1. The Labute approximate surface area is 150 Å². The minimum absolute atomic E-state index is 0.211. The molecule has 136 valence electrons. The molecule has 26 heavy (non-hydrogen) atoms. The van der Waals surface area contributed by atoms with Gasteiger partial charge in [-0.05, 0) is 31.2 Å². The van der Waals surface area contributed by atoms with E-state index in [0.717, 1.165) is 11.1 Å². The number of imidazole rings is 1. The van der Waals surface area contributed by atoms with Crippen molar-refractivity contribution in [2.24, 2.45) is 0 Å². The summed E-state index contributed by atoms with van der Waals surface area (Å²) in [5.74, 6) is 0.602. The summed E-state index contributed by atoms with van der Waals surface area (Å²) in [5, 5.41) is 16.3. The van der Waals surface area contributed by atoms with Gasteiger partial charge in [0.2, 0.25) is 0 Å². The number of rotatable bonds is 4. The number of fused-ring (bicyclic) bond motifs is 2. The van der Waals surface area contributed by atoms with Crippen molar-refractivity contribution in [3.8, 4) is 11.5 Å². The lowest BCUT2D eigenvalue weighted by molar-refractivity contribution is 0.208. The minimum Gasteiger partial charge on any atom is -0.454 e. The topological polar surface area (TPSA) is 95.6 Å². The third-order valence-corrected chi connectivity index (χ3v) is 3.80. The number of aromatic nitrogens is 3. The Morgan fingerprint density at radius 1 is 1.31 bits per heavy atom. The summed E-state index contributed by atoms with van der Waals surface area (Å²) in [6, 6.07) is 10.7. The number of H-pyrrole nitrogens is 1. The summed E-state index contributed by atoms with van der Waals surface area (Å²) in [5.41, 5.74) is 2.69. The average molecular weight is 354 g/mol. The minimum atomic E-state index is -0.449. The Morgan fingerprint density at radius 2 is 2.12 bits per heavy atom. The number of aromatic amines is 1. The number of hydrogen-bond acceptors (Lipinski definition) is 5. The second kappa shape index (κ2) is 7.45. The number of nitrogens with one attached hydrogen (secondary N) is 2. The van der Waals surface area contributed by atoms with Gasteiger partial charge < -0.3 is 14.8 Å². The highest BCUT2D eigenvalue weighted by Crippen LogP contribution is 2.32. The van der Waals surface area contributed by atoms with Crippen LogP contribution in [0, 0.1) is 0 Å². The van der Waals surface area contributed by atoms with Crippen molar-refractivity contribution in [3.05, 3.63) is 52.9 Å². The molecule has 3 N–H and O–H groups in total. The van der Waals surface area contributed by atoms with E-state index >= 15 is 0 Å². The van der Waals surface area contributed by atoms with Gasteiger partial charge in [-0.2, -0.15) is 0 Å². The molecule has 3 aromatic heterocycles. The maximum Gasteiger partial charge on any atom is 0.263 e. The summed E-state index contributed by atoms with van der Waals surface area (Å²) in [4.78, 5) is 15.8. The molecule has 4 rings (SSSR count). The van der Waals surface area contributed by atoms with Gasteiger partial charge in [-0.3, -0.25) is 9.89 Å². The molecule has 1 aromatic carbocycles. The molecule has 7 nitrogen and oxygen atoms in total. The van der Waals surface area contributed by atoms with Crippen LogP contribution in [0.2, 0.25) is 0 Å². The molecule has 0 radical (unpaired) electrons. The van der Waals surface area contributed by atoms with Gasteiger partial charge in [0.25, 0.3) is 5.56 Å². The molecule has 0 aliphatic carbocycles. The van der Waals surface area contributed by atoms with Crippen molar-refractivity contribution in [1.82, 2.24) is 14.6 Å². The molecule has 0 unspecified atom stereocenters. The summed E-state index contributed by atoms with van der Waals surface area (Å²) in [7, 11) is 0. The molecule has 0 saturated carbocycles. The van der Waals surface area contributed by atoms with Crippen molar-refractivity contribution >= 4 is 22.3 Å². The van der Waals surface area contributed by atoms with E-state index in [-0.39, 0.29) is 5.56 Å². The van der Waals surface area contributed by atoms with Crippen LogP contribution < -0.4 is 10.9 Å². The highest BCUT2D eigenvalue weighted by molar-refractivity contribution is 5.93. The summed E-state index contributed by atoms with van der Waals surface area (Å²) < 4.78 is 7.52. The number of aliphatic hydroxyl groups excluding tert-OH is 1. The van der Waals surface area contributed by atoms with E-state index in [9.17, 15) is 9.90 Å². The van der Waals surface area contributed by atoms with Crippen LogP contribution in [-0.4, -0.2) is 32.4 Å². The zero-order valence-electron chi connectivity index (χ0n) is 15.0. The van der Waals surface area contributed by atoms with Crippen molar-refractivity contribution in [2.75, 3.05) is 11.9 Å². The van der Waals surface area contributed by atoms with Crippen LogP contribution in [0.3, 0.4) is 0 Å². The first-order valence-electron chi connectivity index (χ1n) is 8.63. The van der Waals surface area contributed by atoms with Gasteiger partial charge in [0.15, 0.2) is 11.4 Å². The van der Waals surface area contributed by atoms with Gasteiger partial charge >= 0.3 is 0 Å². The maximum absolute atomic E-state index is 11.6. The molecule has 0 aliphatic rings. The van der Waals surface area contributed by atoms with E-state index in [1.54, 1.807) is 23.7 Å². The van der Waals surface area contributed by atoms with Gasteiger partial charge in [-0.1, -0.05) is 19.9 Å². The number of benzene rings is 1. The van der Waals surface area contributed by atoms with Gasteiger partial charge in [0, 0.05) is 23.7 Å². The second-order valence-electron chi connectivity index (χ2n) is 5.70. The Balaban J connectivity index is 0.000000948. The van der Waals surface area contributed by atoms with Crippen LogP contribution in [0.4, 0.5) is 5.69 Å². The van der Waals surface area contributed by atoms with E-state index in [2.05, 4.69) is 15.4 Å². The van der Waals surface area contributed by atoms with E-state index in [4.69, 9.17) is 4.42 Å². The van der Waals surface area contributed by atoms with E-state index in [0.29, 0.717) is 29.2 Å². The van der Waals surface area contributed by atoms with Gasteiger partial charge in [-0.25, -0.2) is 9.50 Å². The second-order valence-corrected chi connectivity index (χ2v) is 5.70. The van der Waals surface area contributed by atoms with Crippen LogP contribution >= 0.6 is 0 Å².